The molecule has 0 aromatic heterocycles. The quantitative estimate of drug-likeness (QED) is 0.302. The number of allylic oxidation sites excluding steroid dienone is 6. The molecular formula is C23H21Br3Cl2O2S2SiZr. The third-order valence-electron chi connectivity index (χ3n) is 5.92. The second-order valence-electron chi connectivity index (χ2n) is 8.46. The van der Waals surface area contributed by atoms with Crippen LogP contribution in [0.15, 0.2) is 89.5 Å². The van der Waals surface area contributed by atoms with Crippen LogP contribution in [0.3, 0.4) is 0 Å². The molecule has 2 heterocycles. The van der Waals surface area contributed by atoms with Crippen molar-refractivity contribution >= 4 is 102 Å². The first-order chi connectivity index (χ1) is 15.8. The van der Waals surface area contributed by atoms with Crippen LogP contribution in [0, 0.1) is 0 Å². The minimum absolute atomic E-state index is 0.308. The largest absolute Gasteiger partial charge is 0.408 e. The minimum Gasteiger partial charge on any atom is -0.408 e. The molecule has 2 unspecified atom stereocenters. The van der Waals surface area contributed by atoms with Gasteiger partial charge in [-0.25, -0.2) is 0 Å². The van der Waals surface area contributed by atoms with E-state index in [1.54, 1.807) is 24.3 Å². The van der Waals surface area contributed by atoms with Crippen LogP contribution in [0.25, 0.3) is 0 Å². The number of hydrogen-bond donors (Lipinski definition) is 2. The smallest absolute Gasteiger partial charge is 0.363 e. The minimum atomic E-state index is -3.64. The first-order valence-electron chi connectivity index (χ1n) is 10.3. The molecule has 0 saturated carbocycles. The summed E-state index contributed by atoms with van der Waals surface area (Å²) in [6.45, 7) is 5.79. The van der Waals surface area contributed by atoms with Gasteiger partial charge >= 0.3 is 184 Å². The summed E-state index contributed by atoms with van der Waals surface area (Å²) in [5.41, 5.74) is 5.19. The molecule has 180 valence electrons. The Morgan fingerprint density at radius 3 is 1.62 bits per heavy atom. The third kappa shape index (κ3) is 5.56. The summed E-state index contributed by atoms with van der Waals surface area (Å²) < 4.78 is 5.93. The Morgan fingerprint density at radius 1 is 0.824 bits per heavy atom. The van der Waals surface area contributed by atoms with Gasteiger partial charge < -0.3 is 9.59 Å². The number of benzene rings is 1. The topological polar surface area (TPSA) is 40.5 Å². The van der Waals surface area contributed by atoms with E-state index in [1.165, 1.54) is 44.4 Å². The molecule has 0 amide bonds. The zero-order valence-electron chi connectivity index (χ0n) is 18.4. The summed E-state index contributed by atoms with van der Waals surface area (Å²) in [4.78, 5) is 18.5. The molecule has 0 bridgehead atoms. The van der Waals surface area contributed by atoms with Crippen LogP contribution >= 0.6 is 88.3 Å². The number of rotatable bonds is 3. The second kappa shape index (κ2) is 10.9. The predicted molar refractivity (Wildman–Crippen MR) is 160 cm³/mol. The van der Waals surface area contributed by atoms with Crippen molar-refractivity contribution in [1.82, 2.24) is 0 Å². The molecule has 2 N–H and O–H groups in total. The molecule has 0 fully saturated rings. The fraction of sp³-hybridized carbons (Fsp3) is 0.217. The molecule has 0 radical (unpaired) electrons. The van der Waals surface area contributed by atoms with Crippen molar-refractivity contribution in [1.29, 1.82) is 0 Å². The summed E-state index contributed by atoms with van der Waals surface area (Å²) >= 11 is 10.6. The number of thioether (sulfide) groups is 2. The molecule has 11 heteroatoms. The van der Waals surface area contributed by atoms with Crippen molar-refractivity contribution < 1.29 is 27.5 Å². The summed E-state index contributed by atoms with van der Waals surface area (Å²) in [7, 11) is 11.4. The average Bonchev–Trinajstić information content (AvgIpc) is 3.45. The fourth-order valence-electron chi connectivity index (χ4n) is 4.30. The monoisotopic (exact) mass is 818 g/mol. The Bertz CT molecular complexity index is 1170. The Kier molecular flexibility index (Phi) is 9.09. The van der Waals surface area contributed by atoms with Gasteiger partial charge in [-0.05, 0) is 23.9 Å². The number of halogens is 5. The zero-order valence-corrected chi connectivity index (χ0v) is 29.7. The fourth-order valence-corrected chi connectivity index (χ4v) is 25.7. The van der Waals surface area contributed by atoms with Crippen LogP contribution in [0.1, 0.15) is 13.8 Å². The first kappa shape index (κ1) is 28.4. The van der Waals surface area contributed by atoms with E-state index in [1.807, 2.05) is 23.5 Å². The maximum absolute atomic E-state index is 9.26. The molecule has 0 spiro atoms. The van der Waals surface area contributed by atoms with Gasteiger partial charge in [0.05, 0.1) is 0 Å². The summed E-state index contributed by atoms with van der Waals surface area (Å²) in [6.07, 6.45) is 4.51. The SMILES string of the molecule is CC1=[C]([Zr]([Cl])([Cl])[C]2=C(C)C=C3C(Br)=CSC32)C2SC=C(Br)C2=C1.C[Si](O)(O)c1ccc(Br)cc1. The van der Waals surface area contributed by atoms with Gasteiger partial charge in [0, 0.05) is 4.47 Å². The van der Waals surface area contributed by atoms with Crippen molar-refractivity contribution in [2.75, 3.05) is 0 Å². The van der Waals surface area contributed by atoms with Crippen LogP contribution in [-0.4, -0.2) is 28.7 Å². The van der Waals surface area contributed by atoms with Crippen molar-refractivity contribution in [3.8, 4) is 0 Å². The van der Waals surface area contributed by atoms with E-state index in [9.17, 15) is 9.59 Å². The number of hydrogen-bond acceptors (Lipinski definition) is 4. The van der Waals surface area contributed by atoms with Gasteiger partial charge in [-0.2, -0.15) is 0 Å². The Labute approximate surface area is 246 Å². The molecule has 2 atom stereocenters. The van der Waals surface area contributed by atoms with E-state index in [-0.39, 0.29) is 0 Å². The predicted octanol–water partition coefficient (Wildman–Crippen LogP) is 8.29. The van der Waals surface area contributed by atoms with Crippen LogP contribution in [0.2, 0.25) is 6.55 Å². The first-order valence-corrected chi connectivity index (χ1v) is 25.7. The summed E-state index contributed by atoms with van der Waals surface area (Å²) in [6, 6.07) is 7.03. The van der Waals surface area contributed by atoms with Crippen molar-refractivity contribution in [2.24, 2.45) is 0 Å². The molecular weight excluding hydrogens is 802 g/mol. The van der Waals surface area contributed by atoms with Crippen LogP contribution in [-0.2, 0) is 17.9 Å². The van der Waals surface area contributed by atoms with E-state index in [0.29, 0.717) is 15.7 Å². The Morgan fingerprint density at radius 2 is 1.24 bits per heavy atom. The Hall–Kier alpha value is 1.40. The van der Waals surface area contributed by atoms with Crippen LogP contribution < -0.4 is 5.19 Å². The molecule has 1 aromatic rings. The maximum atomic E-state index is 9.26. The van der Waals surface area contributed by atoms with E-state index >= 15 is 0 Å². The van der Waals surface area contributed by atoms with Crippen LogP contribution in [0.4, 0.5) is 0 Å². The van der Waals surface area contributed by atoms with Gasteiger partial charge in [-0.15, -0.1) is 0 Å². The molecule has 2 nitrogen and oxygen atoms in total. The molecule has 1 aromatic carbocycles. The Balaban J connectivity index is 0.000000210. The second-order valence-corrected chi connectivity index (χ2v) is 29.0. The van der Waals surface area contributed by atoms with Crippen LogP contribution in [0.5, 0.6) is 0 Å². The standard InChI is InChI=1S/2C8H6BrS.C7H9BrO2Si.2ClH.Zr/c2*1-5-2-6-7(9)4-10-8(6)3-5;1-11(9,10)7-4-2-6(8)3-5-7;;;/h2*2,4,8H,1H3;2-5,9-10H,1H3;2*1H;/q;;;;;+2/p-2. The van der Waals surface area contributed by atoms with E-state index in [4.69, 9.17) is 17.0 Å². The molecule has 5 rings (SSSR count). The summed E-state index contributed by atoms with van der Waals surface area (Å²) in [5.74, 6) is 0. The molecule has 4 aliphatic rings. The maximum Gasteiger partial charge on any atom is 0.363 e. The molecule has 2 aliphatic heterocycles. The van der Waals surface area contributed by atoms with Gasteiger partial charge in [-0.3, -0.25) is 0 Å². The molecule has 0 saturated heterocycles. The van der Waals surface area contributed by atoms with E-state index < -0.39 is 26.4 Å². The normalized spacial score (nSPS) is 23.8. The number of fused-ring (bicyclic) bond motifs is 2. The third-order valence-corrected chi connectivity index (χ3v) is 24.7. The van der Waals surface area contributed by atoms with E-state index in [2.05, 4.69) is 84.6 Å². The van der Waals surface area contributed by atoms with Crippen molar-refractivity contribution in [2.45, 2.75) is 30.9 Å². The van der Waals surface area contributed by atoms with Gasteiger partial charge in [0.15, 0.2) is 0 Å². The average molecular weight is 823 g/mol. The van der Waals surface area contributed by atoms with Gasteiger partial charge in [0.1, 0.15) is 0 Å². The van der Waals surface area contributed by atoms with Gasteiger partial charge in [0.25, 0.3) is 0 Å². The van der Waals surface area contributed by atoms with Gasteiger partial charge in [-0.1, -0.05) is 28.1 Å². The molecule has 34 heavy (non-hydrogen) atoms. The zero-order chi connectivity index (χ0) is 25.0. The van der Waals surface area contributed by atoms with E-state index in [0.717, 1.165) is 4.47 Å². The van der Waals surface area contributed by atoms with Gasteiger partial charge in [0.2, 0.25) is 0 Å². The summed E-state index contributed by atoms with van der Waals surface area (Å²) in [5, 5.41) is 5.58. The molecule has 2 aliphatic carbocycles. The van der Waals surface area contributed by atoms with Crippen molar-refractivity contribution in [3.05, 3.63) is 89.5 Å². The van der Waals surface area contributed by atoms with Crippen molar-refractivity contribution in [3.63, 3.8) is 0 Å².